The zero-order valence-electron chi connectivity index (χ0n) is 17.9. The van der Waals surface area contributed by atoms with Crippen molar-refractivity contribution in [3.05, 3.63) is 71.3 Å². The maximum Gasteiger partial charge on any atom is 0.245 e. The molecule has 0 radical (unpaired) electrons. The van der Waals surface area contributed by atoms with E-state index in [-0.39, 0.29) is 23.7 Å². The summed E-state index contributed by atoms with van der Waals surface area (Å²) >= 11 is 1.36. The Morgan fingerprint density at radius 3 is 2.88 bits per heavy atom. The number of carbonyl (C=O) groups excluding carboxylic acids is 2. The highest BCUT2D eigenvalue weighted by Gasteiger charge is 2.42. The zero-order valence-corrected chi connectivity index (χ0v) is 18.7. The van der Waals surface area contributed by atoms with Crippen LogP contribution in [0.25, 0.3) is 0 Å². The van der Waals surface area contributed by atoms with E-state index in [1.54, 1.807) is 12.5 Å². The van der Waals surface area contributed by atoms with Crippen LogP contribution in [0.5, 0.6) is 0 Å². The van der Waals surface area contributed by atoms with Gasteiger partial charge in [-0.3, -0.25) is 9.59 Å². The van der Waals surface area contributed by atoms with Gasteiger partial charge >= 0.3 is 0 Å². The van der Waals surface area contributed by atoms with Crippen molar-refractivity contribution in [2.45, 2.75) is 32.7 Å². The summed E-state index contributed by atoms with van der Waals surface area (Å²) in [6.07, 6.45) is 4.43. The second kappa shape index (κ2) is 7.94. The molecule has 1 atom stereocenters. The van der Waals surface area contributed by atoms with Crippen LogP contribution >= 0.6 is 11.3 Å². The molecule has 0 fully saturated rings. The van der Waals surface area contributed by atoms with E-state index < -0.39 is 6.04 Å². The van der Waals surface area contributed by atoms with Crippen molar-refractivity contribution >= 4 is 39.5 Å². The summed E-state index contributed by atoms with van der Waals surface area (Å²) in [6.45, 7) is 4.25. The van der Waals surface area contributed by atoms with Gasteiger partial charge in [0.2, 0.25) is 5.91 Å². The standard InChI is InChI=1S/C24H24N4O3S/c1-24(2)12-16-21(18(29)13-24)22(19-8-5-10-31-19)28(17-7-4-3-6-15(17)26-16)14-20(30)27-23-25-9-11-32-23/h3-11,22,26H,12-14H2,1-2H3,(H,25,27,30)/t22-/m1/s1. The molecule has 5 rings (SSSR count). The van der Waals surface area contributed by atoms with Crippen molar-refractivity contribution in [2.24, 2.45) is 5.41 Å². The van der Waals surface area contributed by atoms with Crippen LogP contribution in [0.15, 0.2) is 69.9 Å². The average Bonchev–Trinajstić information content (AvgIpc) is 3.41. The smallest absolute Gasteiger partial charge is 0.245 e. The molecule has 2 aliphatic rings. The summed E-state index contributed by atoms with van der Waals surface area (Å²) in [7, 11) is 0. The van der Waals surface area contributed by atoms with Gasteiger partial charge in [-0.25, -0.2) is 4.98 Å². The quantitative estimate of drug-likeness (QED) is 0.585. The van der Waals surface area contributed by atoms with E-state index in [0.29, 0.717) is 22.9 Å². The molecule has 1 aliphatic heterocycles. The largest absolute Gasteiger partial charge is 0.467 e. The number of anilines is 3. The first kappa shape index (κ1) is 20.5. The first-order valence-corrected chi connectivity index (χ1v) is 11.4. The number of carbonyl (C=O) groups is 2. The van der Waals surface area contributed by atoms with Crippen LogP contribution in [0.2, 0.25) is 0 Å². The first-order valence-electron chi connectivity index (χ1n) is 10.5. The molecule has 1 aliphatic carbocycles. The van der Waals surface area contributed by atoms with Crippen molar-refractivity contribution in [3.63, 3.8) is 0 Å². The molecule has 8 heteroatoms. The minimum absolute atomic E-state index is 0.0388. The van der Waals surface area contributed by atoms with Gasteiger partial charge in [0.15, 0.2) is 10.9 Å². The second-order valence-electron chi connectivity index (χ2n) is 8.91. The Morgan fingerprint density at radius 2 is 2.12 bits per heavy atom. The number of nitrogens with zero attached hydrogens (tertiary/aromatic N) is 2. The lowest BCUT2D eigenvalue weighted by molar-refractivity contribution is -0.119. The van der Waals surface area contributed by atoms with Crippen molar-refractivity contribution in [1.29, 1.82) is 0 Å². The summed E-state index contributed by atoms with van der Waals surface area (Å²) in [4.78, 5) is 32.6. The molecular formula is C24H24N4O3S. The Bertz CT molecular complexity index is 1180. The Hall–Kier alpha value is -3.39. The molecule has 0 unspecified atom stereocenters. The van der Waals surface area contributed by atoms with Crippen molar-refractivity contribution < 1.29 is 14.0 Å². The van der Waals surface area contributed by atoms with Crippen molar-refractivity contribution in [2.75, 3.05) is 22.1 Å². The molecule has 7 nitrogen and oxygen atoms in total. The molecule has 2 aromatic heterocycles. The minimum Gasteiger partial charge on any atom is -0.467 e. The Balaban J connectivity index is 1.63. The van der Waals surface area contributed by atoms with Gasteiger partial charge in [0.05, 0.1) is 24.2 Å². The number of Topliss-reactive ketones (excluding diaryl/α,β-unsaturated/α-hetero) is 1. The molecule has 1 aromatic carbocycles. The van der Waals surface area contributed by atoms with Gasteiger partial charge in [-0.1, -0.05) is 26.0 Å². The molecule has 0 saturated heterocycles. The molecule has 2 N–H and O–H groups in total. The van der Waals surface area contributed by atoms with Gasteiger partial charge in [0.1, 0.15) is 11.8 Å². The predicted octanol–water partition coefficient (Wildman–Crippen LogP) is 4.99. The SMILES string of the molecule is CC1(C)CC(=O)C2=C(C1)Nc1ccccc1N(CC(=O)Nc1nccs1)[C@@H]2c1ccco1. The summed E-state index contributed by atoms with van der Waals surface area (Å²) < 4.78 is 5.81. The Labute approximate surface area is 190 Å². The third-order valence-corrected chi connectivity index (χ3v) is 6.50. The van der Waals surface area contributed by atoms with Crippen molar-refractivity contribution in [3.8, 4) is 0 Å². The summed E-state index contributed by atoms with van der Waals surface area (Å²) in [5.41, 5.74) is 3.11. The van der Waals surface area contributed by atoms with Crippen LogP contribution in [0, 0.1) is 5.41 Å². The number of hydrogen-bond acceptors (Lipinski definition) is 7. The van der Waals surface area contributed by atoms with E-state index in [4.69, 9.17) is 4.42 Å². The van der Waals surface area contributed by atoms with Crippen LogP contribution < -0.4 is 15.5 Å². The molecular weight excluding hydrogens is 424 g/mol. The van der Waals surface area contributed by atoms with Gasteiger partial charge in [-0.15, -0.1) is 11.3 Å². The van der Waals surface area contributed by atoms with E-state index in [1.807, 2.05) is 46.7 Å². The maximum absolute atomic E-state index is 13.5. The Morgan fingerprint density at radius 1 is 1.28 bits per heavy atom. The fourth-order valence-electron chi connectivity index (χ4n) is 4.57. The number of aromatic nitrogens is 1. The van der Waals surface area contributed by atoms with Crippen LogP contribution in [-0.4, -0.2) is 23.2 Å². The van der Waals surface area contributed by atoms with E-state index in [9.17, 15) is 9.59 Å². The van der Waals surface area contributed by atoms with E-state index in [0.717, 1.165) is 23.5 Å². The number of hydrogen-bond donors (Lipinski definition) is 2. The normalized spacial score (nSPS) is 19.6. The van der Waals surface area contributed by atoms with Crippen LogP contribution in [-0.2, 0) is 9.59 Å². The third-order valence-electron chi connectivity index (χ3n) is 5.81. The molecule has 3 heterocycles. The van der Waals surface area contributed by atoms with Gasteiger partial charge < -0.3 is 20.0 Å². The van der Waals surface area contributed by atoms with Gasteiger partial charge in [-0.05, 0) is 36.1 Å². The molecule has 164 valence electrons. The summed E-state index contributed by atoms with van der Waals surface area (Å²) in [5.74, 6) is 0.494. The fraction of sp³-hybridized carbons (Fsp3) is 0.292. The molecule has 0 bridgehead atoms. The maximum atomic E-state index is 13.5. The number of rotatable bonds is 4. The number of amides is 1. The number of ketones is 1. The number of allylic oxidation sites excluding steroid dienone is 1. The fourth-order valence-corrected chi connectivity index (χ4v) is 5.11. The summed E-state index contributed by atoms with van der Waals surface area (Å²) in [6, 6.07) is 11.0. The second-order valence-corrected chi connectivity index (χ2v) is 9.80. The monoisotopic (exact) mass is 448 g/mol. The van der Waals surface area contributed by atoms with Crippen LogP contribution in [0.4, 0.5) is 16.5 Å². The number of nitrogens with one attached hydrogen (secondary N) is 2. The number of benzene rings is 1. The average molecular weight is 449 g/mol. The Kier molecular flexibility index (Phi) is 5.09. The van der Waals surface area contributed by atoms with E-state index in [2.05, 4.69) is 29.5 Å². The lowest BCUT2D eigenvalue weighted by Crippen LogP contribution is -2.40. The number of para-hydroxylation sites is 2. The predicted molar refractivity (Wildman–Crippen MR) is 125 cm³/mol. The molecule has 32 heavy (non-hydrogen) atoms. The molecule has 1 amide bonds. The third kappa shape index (κ3) is 3.82. The minimum atomic E-state index is -0.512. The number of thiazole rings is 1. The highest BCUT2D eigenvalue weighted by molar-refractivity contribution is 7.13. The molecule has 0 spiro atoms. The topological polar surface area (TPSA) is 87.5 Å². The highest BCUT2D eigenvalue weighted by Crippen LogP contribution is 2.48. The van der Waals surface area contributed by atoms with Crippen LogP contribution in [0.1, 0.15) is 38.5 Å². The lowest BCUT2D eigenvalue weighted by Gasteiger charge is -2.36. The zero-order chi connectivity index (χ0) is 22.3. The number of furan rings is 1. The van der Waals surface area contributed by atoms with Gasteiger partial charge in [0, 0.05) is 29.3 Å². The van der Waals surface area contributed by atoms with E-state index in [1.165, 1.54) is 11.3 Å². The molecule has 0 saturated carbocycles. The first-order chi connectivity index (χ1) is 15.4. The van der Waals surface area contributed by atoms with Crippen LogP contribution in [0.3, 0.4) is 0 Å². The number of fused-ring (bicyclic) bond motifs is 1. The van der Waals surface area contributed by atoms with Gasteiger partial charge in [0.25, 0.3) is 0 Å². The highest BCUT2D eigenvalue weighted by atomic mass is 32.1. The van der Waals surface area contributed by atoms with E-state index >= 15 is 0 Å². The van der Waals surface area contributed by atoms with Crippen molar-refractivity contribution in [1.82, 2.24) is 4.98 Å². The lowest BCUT2D eigenvalue weighted by atomic mass is 9.74. The molecule has 3 aromatic rings. The summed E-state index contributed by atoms with van der Waals surface area (Å²) in [5, 5.41) is 8.73. The van der Waals surface area contributed by atoms with Gasteiger partial charge in [-0.2, -0.15) is 0 Å².